The zero-order chi connectivity index (χ0) is 16.3. The van der Waals surface area contributed by atoms with Crippen LogP contribution < -0.4 is 10.5 Å². The molecule has 1 amide bonds. The van der Waals surface area contributed by atoms with Gasteiger partial charge in [-0.15, -0.1) is 0 Å². The van der Waals surface area contributed by atoms with Gasteiger partial charge in [-0.1, -0.05) is 23.4 Å². The molecule has 4 nitrogen and oxygen atoms in total. The molecule has 0 aliphatic rings. The van der Waals surface area contributed by atoms with Gasteiger partial charge < -0.3 is 15.4 Å². The SMILES string of the molecule is COc1ccc(Sc2ccc(Cl)cc2N)c(C(=O)N(C)C)c1. The van der Waals surface area contributed by atoms with Gasteiger partial charge in [-0.05, 0) is 36.4 Å². The average molecular weight is 337 g/mol. The molecule has 0 atom stereocenters. The van der Waals surface area contributed by atoms with Crippen LogP contribution in [0.4, 0.5) is 5.69 Å². The first-order chi connectivity index (χ1) is 10.4. The maximum absolute atomic E-state index is 12.4. The number of benzene rings is 2. The molecule has 0 heterocycles. The molecule has 116 valence electrons. The number of nitrogen functional groups attached to an aromatic ring is 1. The van der Waals surface area contributed by atoms with Crippen LogP contribution in [-0.4, -0.2) is 32.0 Å². The number of methoxy groups -OCH3 is 1. The number of nitrogens with zero attached hydrogens (tertiary/aromatic N) is 1. The van der Waals surface area contributed by atoms with Crippen molar-refractivity contribution in [1.29, 1.82) is 0 Å². The smallest absolute Gasteiger partial charge is 0.254 e. The largest absolute Gasteiger partial charge is 0.497 e. The number of anilines is 1. The molecule has 0 unspecified atom stereocenters. The minimum Gasteiger partial charge on any atom is -0.497 e. The van der Waals surface area contributed by atoms with Gasteiger partial charge in [0.05, 0.1) is 12.7 Å². The van der Waals surface area contributed by atoms with Crippen molar-refractivity contribution in [3.63, 3.8) is 0 Å². The van der Waals surface area contributed by atoms with E-state index in [-0.39, 0.29) is 5.91 Å². The Labute approximate surface area is 139 Å². The van der Waals surface area contributed by atoms with Crippen molar-refractivity contribution in [3.05, 3.63) is 47.0 Å². The van der Waals surface area contributed by atoms with E-state index in [1.54, 1.807) is 39.4 Å². The quantitative estimate of drug-likeness (QED) is 0.863. The zero-order valence-corrected chi connectivity index (χ0v) is 14.2. The highest BCUT2D eigenvalue weighted by Gasteiger charge is 2.16. The highest BCUT2D eigenvalue weighted by molar-refractivity contribution is 7.99. The number of nitrogens with two attached hydrogens (primary N) is 1. The summed E-state index contributed by atoms with van der Waals surface area (Å²) < 4.78 is 5.21. The van der Waals surface area contributed by atoms with Gasteiger partial charge in [-0.25, -0.2) is 0 Å². The van der Waals surface area contributed by atoms with Gasteiger partial charge in [0.25, 0.3) is 5.91 Å². The Balaban J connectivity index is 2.43. The summed E-state index contributed by atoms with van der Waals surface area (Å²) in [7, 11) is 5.00. The van der Waals surface area contributed by atoms with Crippen LogP contribution in [0.5, 0.6) is 5.75 Å². The predicted octanol–water partition coefficient (Wildman–Crippen LogP) is 3.78. The van der Waals surface area contributed by atoms with Crippen LogP contribution in [0.3, 0.4) is 0 Å². The van der Waals surface area contributed by atoms with E-state index in [4.69, 9.17) is 22.1 Å². The summed E-state index contributed by atoms with van der Waals surface area (Å²) in [6, 6.07) is 10.7. The fraction of sp³-hybridized carbons (Fsp3) is 0.188. The molecule has 22 heavy (non-hydrogen) atoms. The van der Waals surface area contributed by atoms with E-state index >= 15 is 0 Å². The summed E-state index contributed by atoms with van der Waals surface area (Å²) in [5.41, 5.74) is 7.14. The van der Waals surface area contributed by atoms with Crippen molar-refractivity contribution >= 4 is 35.0 Å². The lowest BCUT2D eigenvalue weighted by Crippen LogP contribution is -2.22. The minimum absolute atomic E-state index is 0.0889. The number of carbonyl (C=O) groups excluding carboxylic acids is 1. The first-order valence-corrected chi connectivity index (χ1v) is 7.74. The molecule has 2 N–H and O–H groups in total. The van der Waals surface area contributed by atoms with Crippen molar-refractivity contribution in [2.75, 3.05) is 26.9 Å². The predicted molar refractivity (Wildman–Crippen MR) is 91.0 cm³/mol. The van der Waals surface area contributed by atoms with Crippen LogP contribution in [0, 0.1) is 0 Å². The summed E-state index contributed by atoms with van der Waals surface area (Å²) >= 11 is 7.34. The fourth-order valence-electron chi connectivity index (χ4n) is 1.86. The first-order valence-electron chi connectivity index (χ1n) is 6.55. The fourth-order valence-corrected chi connectivity index (χ4v) is 2.99. The van der Waals surface area contributed by atoms with E-state index in [0.717, 1.165) is 9.79 Å². The molecule has 0 spiro atoms. The monoisotopic (exact) mass is 336 g/mol. The highest BCUT2D eigenvalue weighted by Crippen LogP contribution is 2.36. The molecule has 0 radical (unpaired) electrons. The molecule has 0 aromatic heterocycles. The van der Waals surface area contributed by atoms with Crippen LogP contribution in [0.2, 0.25) is 5.02 Å². The summed E-state index contributed by atoms with van der Waals surface area (Å²) in [6.45, 7) is 0. The molecule has 0 bridgehead atoms. The second-order valence-electron chi connectivity index (χ2n) is 4.85. The van der Waals surface area contributed by atoms with Gasteiger partial charge in [0.15, 0.2) is 0 Å². The molecule has 0 saturated heterocycles. The number of amides is 1. The number of carbonyl (C=O) groups is 1. The van der Waals surface area contributed by atoms with Crippen LogP contribution in [0.15, 0.2) is 46.2 Å². The lowest BCUT2D eigenvalue weighted by molar-refractivity contribution is 0.0824. The first kappa shape index (κ1) is 16.5. The second-order valence-corrected chi connectivity index (χ2v) is 6.37. The average Bonchev–Trinajstić information content (AvgIpc) is 2.49. The summed E-state index contributed by atoms with van der Waals surface area (Å²) in [6.07, 6.45) is 0. The molecule has 2 aromatic carbocycles. The number of ether oxygens (including phenoxy) is 1. The Morgan fingerprint density at radius 1 is 1.18 bits per heavy atom. The van der Waals surface area contributed by atoms with Gasteiger partial charge >= 0.3 is 0 Å². The standard InChI is InChI=1S/C16H17ClN2O2S/c1-19(2)16(20)12-9-11(21-3)5-7-14(12)22-15-6-4-10(17)8-13(15)18/h4-9H,18H2,1-3H3. The summed E-state index contributed by atoms with van der Waals surface area (Å²) in [5.74, 6) is 0.549. The molecular weight excluding hydrogens is 320 g/mol. The number of rotatable bonds is 4. The van der Waals surface area contributed by atoms with Crippen molar-refractivity contribution in [3.8, 4) is 5.75 Å². The van der Waals surface area contributed by atoms with Gasteiger partial charge in [-0.2, -0.15) is 0 Å². The molecule has 2 rings (SSSR count). The third kappa shape index (κ3) is 3.67. The van der Waals surface area contributed by atoms with Crippen LogP contribution in [0.25, 0.3) is 0 Å². The van der Waals surface area contributed by atoms with E-state index in [0.29, 0.717) is 22.0 Å². The maximum Gasteiger partial charge on any atom is 0.254 e. The Morgan fingerprint density at radius 3 is 2.45 bits per heavy atom. The third-order valence-corrected chi connectivity index (χ3v) is 4.42. The number of hydrogen-bond acceptors (Lipinski definition) is 4. The second kappa shape index (κ2) is 6.94. The molecule has 0 saturated carbocycles. The number of halogens is 1. The Hall–Kier alpha value is -1.85. The van der Waals surface area contributed by atoms with Crippen LogP contribution >= 0.6 is 23.4 Å². The molecule has 0 aliphatic heterocycles. The van der Waals surface area contributed by atoms with E-state index < -0.39 is 0 Å². The Bertz CT molecular complexity index is 705. The van der Waals surface area contributed by atoms with Gasteiger partial charge in [0, 0.05) is 34.6 Å². The third-order valence-electron chi connectivity index (χ3n) is 3.02. The van der Waals surface area contributed by atoms with E-state index in [2.05, 4.69) is 0 Å². The summed E-state index contributed by atoms with van der Waals surface area (Å²) in [4.78, 5) is 15.6. The Kier molecular flexibility index (Phi) is 5.21. The minimum atomic E-state index is -0.0889. The zero-order valence-electron chi connectivity index (χ0n) is 12.6. The molecule has 0 aliphatic carbocycles. The van der Waals surface area contributed by atoms with E-state index in [1.165, 1.54) is 16.7 Å². The van der Waals surface area contributed by atoms with Gasteiger partial charge in [0.2, 0.25) is 0 Å². The number of hydrogen-bond donors (Lipinski definition) is 1. The highest BCUT2D eigenvalue weighted by atomic mass is 35.5. The molecule has 0 fully saturated rings. The molecular formula is C16H17ClN2O2S. The lowest BCUT2D eigenvalue weighted by atomic mass is 10.2. The summed E-state index contributed by atoms with van der Waals surface area (Å²) in [5, 5.41) is 0.584. The van der Waals surface area contributed by atoms with Crippen molar-refractivity contribution < 1.29 is 9.53 Å². The van der Waals surface area contributed by atoms with Crippen LogP contribution in [0.1, 0.15) is 10.4 Å². The normalized spacial score (nSPS) is 10.4. The van der Waals surface area contributed by atoms with Gasteiger partial charge in [-0.3, -0.25) is 4.79 Å². The molecule has 2 aromatic rings. The lowest BCUT2D eigenvalue weighted by Gasteiger charge is -2.15. The molecule has 6 heteroatoms. The van der Waals surface area contributed by atoms with E-state index in [9.17, 15) is 4.79 Å². The van der Waals surface area contributed by atoms with Crippen molar-refractivity contribution in [2.24, 2.45) is 0 Å². The van der Waals surface area contributed by atoms with Crippen molar-refractivity contribution in [1.82, 2.24) is 4.90 Å². The van der Waals surface area contributed by atoms with Crippen molar-refractivity contribution in [2.45, 2.75) is 9.79 Å². The Morgan fingerprint density at radius 2 is 1.86 bits per heavy atom. The van der Waals surface area contributed by atoms with Gasteiger partial charge in [0.1, 0.15) is 5.75 Å². The maximum atomic E-state index is 12.4. The van der Waals surface area contributed by atoms with E-state index in [1.807, 2.05) is 18.2 Å². The topological polar surface area (TPSA) is 55.6 Å². The van der Waals surface area contributed by atoms with Crippen LogP contribution in [-0.2, 0) is 0 Å².